The van der Waals surface area contributed by atoms with E-state index in [1.165, 1.54) is 0 Å². The molecule has 1 heterocycles. The fourth-order valence-corrected chi connectivity index (χ4v) is 4.04. The molecular weight excluding hydrogens is 262 g/mol. The molecule has 0 radical (unpaired) electrons. The summed E-state index contributed by atoms with van der Waals surface area (Å²) in [7, 11) is -1.47. The van der Waals surface area contributed by atoms with Gasteiger partial charge in [-0.05, 0) is 44.1 Å². The molecule has 1 aromatic rings. The van der Waals surface area contributed by atoms with Gasteiger partial charge in [0.2, 0.25) is 10.0 Å². The van der Waals surface area contributed by atoms with E-state index in [-0.39, 0.29) is 6.04 Å². The van der Waals surface area contributed by atoms with Crippen LogP contribution in [0.1, 0.15) is 17.5 Å². The van der Waals surface area contributed by atoms with Crippen molar-refractivity contribution in [3.05, 3.63) is 29.3 Å². The Morgan fingerprint density at radius 2 is 2.21 bits per heavy atom. The fraction of sp³-hybridized carbons (Fsp3) is 0.538. The summed E-state index contributed by atoms with van der Waals surface area (Å²) < 4.78 is 27.6. The van der Waals surface area contributed by atoms with Crippen molar-refractivity contribution in [3.8, 4) is 0 Å². The highest BCUT2D eigenvalue weighted by Gasteiger charge is 2.26. The monoisotopic (exact) mass is 283 g/mol. The number of benzene rings is 1. The Balaban J connectivity index is 2.24. The van der Waals surface area contributed by atoms with Gasteiger partial charge in [0.15, 0.2) is 0 Å². The Hall–Kier alpha value is -0.950. The van der Waals surface area contributed by atoms with Crippen LogP contribution in [0.2, 0.25) is 0 Å². The zero-order valence-corrected chi connectivity index (χ0v) is 12.2. The van der Waals surface area contributed by atoms with Gasteiger partial charge in [-0.25, -0.2) is 13.1 Å². The van der Waals surface area contributed by atoms with Crippen LogP contribution in [0.4, 0.5) is 0 Å². The minimum atomic E-state index is -3.46. The van der Waals surface area contributed by atoms with Crippen molar-refractivity contribution in [2.75, 3.05) is 20.1 Å². The van der Waals surface area contributed by atoms with E-state index in [0.717, 1.165) is 30.6 Å². The number of hydrogen-bond acceptors (Lipinski definition) is 4. The van der Waals surface area contributed by atoms with Crippen LogP contribution in [0.25, 0.3) is 0 Å². The van der Waals surface area contributed by atoms with Gasteiger partial charge in [0.1, 0.15) is 0 Å². The molecule has 6 heteroatoms. The third kappa shape index (κ3) is 3.14. The van der Waals surface area contributed by atoms with Crippen molar-refractivity contribution in [1.82, 2.24) is 9.62 Å². The Bertz CT molecular complexity index is 557. The number of rotatable bonds is 4. The van der Waals surface area contributed by atoms with E-state index in [9.17, 15) is 8.42 Å². The van der Waals surface area contributed by atoms with Crippen molar-refractivity contribution >= 4 is 10.0 Å². The Morgan fingerprint density at radius 3 is 2.79 bits per heavy atom. The first-order valence-corrected chi connectivity index (χ1v) is 7.92. The maximum absolute atomic E-state index is 12.4. The first kappa shape index (κ1) is 14.5. The van der Waals surface area contributed by atoms with Gasteiger partial charge in [0.25, 0.3) is 0 Å². The molecular formula is C13H21N3O2S. The summed E-state index contributed by atoms with van der Waals surface area (Å²) in [5.41, 5.74) is 7.23. The number of sulfonamides is 1. The normalized spacial score (nSPS) is 20.9. The molecule has 0 bridgehead atoms. The van der Waals surface area contributed by atoms with E-state index in [4.69, 9.17) is 5.73 Å². The van der Waals surface area contributed by atoms with Crippen LogP contribution >= 0.6 is 0 Å². The highest BCUT2D eigenvalue weighted by molar-refractivity contribution is 7.89. The van der Waals surface area contributed by atoms with E-state index in [1.54, 1.807) is 19.1 Å². The lowest BCUT2D eigenvalue weighted by molar-refractivity contribution is 0.407. The van der Waals surface area contributed by atoms with E-state index >= 15 is 0 Å². The van der Waals surface area contributed by atoms with Crippen LogP contribution in [0.3, 0.4) is 0 Å². The highest BCUT2D eigenvalue weighted by Crippen LogP contribution is 2.20. The number of likely N-dealkylation sites (N-methyl/N-ethyl adjacent to an activating group) is 1. The topological polar surface area (TPSA) is 75.4 Å². The van der Waals surface area contributed by atoms with Gasteiger partial charge >= 0.3 is 0 Å². The summed E-state index contributed by atoms with van der Waals surface area (Å²) in [5.74, 6) is 0. The number of hydrogen-bond donors (Lipinski definition) is 2. The molecule has 3 N–H and O–H groups in total. The molecule has 1 aliphatic rings. The SMILES string of the molecule is Cc1c(CN)cccc1S(=O)(=O)NC1CCN(C)C1. The lowest BCUT2D eigenvalue weighted by Crippen LogP contribution is -2.36. The molecule has 0 spiro atoms. The Kier molecular flexibility index (Phi) is 4.25. The van der Waals surface area contributed by atoms with Crippen LogP contribution in [0.15, 0.2) is 23.1 Å². The Labute approximate surface area is 114 Å². The predicted octanol–water partition coefficient (Wildman–Crippen LogP) is 0.436. The summed E-state index contributed by atoms with van der Waals surface area (Å²) in [6, 6.07) is 5.23. The molecule has 0 saturated carbocycles. The molecule has 1 atom stereocenters. The molecule has 1 unspecified atom stereocenters. The summed E-state index contributed by atoms with van der Waals surface area (Å²) in [4.78, 5) is 2.46. The second-order valence-electron chi connectivity index (χ2n) is 5.11. The van der Waals surface area contributed by atoms with Crippen LogP contribution < -0.4 is 10.5 Å². The molecule has 0 aliphatic carbocycles. The van der Waals surface area contributed by atoms with E-state index < -0.39 is 10.0 Å². The largest absolute Gasteiger partial charge is 0.326 e. The van der Waals surface area contributed by atoms with Crippen molar-refractivity contribution in [1.29, 1.82) is 0 Å². The number of nitrogens with two attached hydrogens (primary N) is 1. The van der Waals surface area contributed by atoms with Crippen LogP contribution in [-0.4, -0.2) is 39.5 Å². The molecule has 1 saturated heterocycles. The molecule has 19 heavy (non-hydrogen) atoms. The van der Waals surface area contributed by atoms with Crippen LogP contribution in [0.5, 0.6) is 0 Å². The molecule has 1 aromatic carbocycles. The van der Waals surface area contributed by atoms with Crippen molar-refractivity contribution in [2.45, 2.75) is 30.8 Å². The van der Waals surface area contributed by atoms with Crippen molar-refractivity contribution in [3.63, 3.8) is 0 Å². The second kappa shape index (κ2) is 5.58. The minimum absolute atomic E-state index is 0.00377. The van der Waals surface area contributed by atoms with Gasteiger partial charge in [-0.15, -0.1) is 0 Å². The lowest BCUT2D eigenvalue weighted by atomic mass is 10.1. The predicted molar refractivity (Wildman–Crippen MR) is 75.3 cm³/mol. The lowest BCUT2D eigenvalue weighted by Gasteiger charge is -2.16. The van der Waals surface area contributed by atoms with Gasteiger partial charge in [0.05, 0.1) is 4.90 Å². The highest BCUT2D eigenvalue weighted by atomic mass is 32.2. The van der Waals surface area contributed by atoms with Crippen LogP contribution in [0, 0.1) is 6.92 Å². The molecule has 1 aliphatic heterocycles. The zero-order valence-electron chi connectivity index (χ0n) is 11.4. The van der Waals surface area contributed by atoms with Gasteiger partial charge in [0, 0.05) is 19.1 Å². The average molecular weight is 283 g/mol. The first-order valence-electron chi connectivity index (χ1n) is 6.43. The molecule has 0 aromatic heterocycles. The van der Waals surface area contributed by atoms with E-state index in [1.807, 2.05) is 13.1 Å². The van der Waals surface area contributed by atoms with Gasteiger partial charge < -0.3 is 10.6 Å². The summed E-state index contributed by atoms with van der Waals surface area (Å²) >= 11 is 0. The fourth-order valence-electron chi connectivity index (χ4n) is 2.49. The third-order valence-corrected chi connectivity index (χ3v) is 5.28. The summed E-state index contributed by atoms with van der Waals surface area (Å²) in [6.07, 6.45) is 0.853. The smallest absolute Gasteiger partial charge is 0.241 e. The maximum atomic E-state index is 12.4. The average Bonchev–Trinajstić information content (AvgIpc) is 2.74. The van der Waals surface area contributed by atoms with Crippen molar-refractivity contribution < 1.29 is 8.42 Å². The number of likely N-dealkylation sites (tertiary alicyclic amines) is 1. The molecule has 2 rings (SSSR count). The van der Waals surface area contributed by atoms with E-state index in [2.05, 4.69) is 9.62 Å². The standard InChI is InChI=1S/C13H21N3O2S/c1-10-11(8-14)4-3-5-13(10)19(17,18)15-12-6-7-16(2)9-12/h3-5,12,15H,6-9,14H2,1-2H3. The molecule has 0 amide bonds. The first-order chi connectivity index (χ1) is 8.94. The summed E-state index contributed by atoms with van der Waals surface area (Å²) in [6.45, 7) is 3.84. The van der Waals surface area contributed by atoms with Gasteiger partial charge in [-0.3, -0.25) is 0 Å². The van der Waals surface area contributed by atoms with E-state index in [0.29, 0.717) is 11.4 Å². The Morgan fingerprint density at radius 1 is 1.47 bits per heavy atom. The number of nitrogens with zero attached hydrogens (tertiary/aromatic N) is 1. The van der Waals surface area contributed by atoms with Crippen molar-refractivity contribution in [2.24, 2.45) is 5.73 Å². The molecule has 5 nitrogen and oxygen atoms in total. The second-order valence-corrected chi connectivity index (χ2v) is 6.80. The molecule has 1 fully saturated rings. The van der Waals surface area contributed by atoms with Crippen LogP contribution in [-0.2, 0) is 16.6 Å². The maximum Gasteiger partial charge on any atom is 0.241 e. The molecule has 106 valence electrons. The van der Waals surface area contributed by atoms with Gasteiger partial charge in [-0.1, -0.05) is 12.1 Å². The number of nitrogens with one attached hydrogen (secondary N) is 1. The zero-order chi connectivity index (χ0) is 14.0. The minimum Gasteiger partial charge on any atom is -0.326 e. The quantitative estimate of drug-likeness (QED) is 0.840. The summed E-state index contributed by atoms with van der Waals surface area (Å²) in [5, 5.41) is 0. The van der Waals surface area contributed by atoms with Gasteiger partial charge in [-0.2, -0.15) is 0 Å². The third-order valence-electron chi connectivity index (χ3n) is 3.62.